The Kier molecular flexibility index (Phi) is 4.19. The largest absolute Gasteiger partial charge is 0.320 e. The van der Waals surface area contributed by atoms with Gasteiger partial charge >= 0.3 is 0 Å². The third-order valence-corrected chi connectivity index (χ3v) is 5.15. The van der Waals surface area contributed by atoms with E-state index in [4.69, 9.17) is 5.73 Å². The third kappa shape index (κ3) is 3.47. The molecule has 2 aromatic rings. The first-order valence-corrected chi connectivity index (χ1v) is 8.01. The highest BCUT2D eigenvalue weighted by molar-refractivity contribution is 9.10. The Bertz CT molecular complexity index is 560. The molecule has 2 rings (SSSR count). The molecule has 19 heavy (non-hydrogen) atoms. The topological polar surface area (TPSA) is 26.0 Å². The van der Waals surface area contributed by atoms with Crippen molar-refractivity contribution in [3.05, 3.63) is 55.7 Å². The SMILES string of the molecule is Cc1cc(Br)cc(C(N)c2ccc(C(C)(C)C)s2)c1. The zero-order chi connectivity index (χ0) is 14.2. The fourth-order valence-electron chi connectivity index (χ4n) is 2.03. The summed E-state index contributed by atoms with van der Waals surface area (Å²) in [5.74, 6) is 0. The first-order valence-electron chi connectivity index (χ1n) is 6.40. The predicted molar refractivity (Wildman–Crippen MR) is 87.9 cm³/mol. The van der Waals surface area contributed by atoms with Crippen LogP contribution in [0.3, 0.4) is 0 Å². The number of aryl methyl sites for hydroxylation is 1. The van der Waals surface area contributed by atoms with E-state index in [0.717, 1.165) is 10.0 Å². The average Bonchev–Trinajstić information content (AvgIpc) is 2.75. The van der Waals surface area contributed by atoms with Gasteiger partial charge in [-0.1, -0.05) is 42.8 Å². The molecule has 1 nitrogen and oxygen atoms in total. The summed E-state index contributed by atoms with van der Waals surface area (Å²) >= 11 is 5.35. The first-order chi connectivity index (χ1) is 8.77. The van der Waals surface area contributed by atoms with Crippen molar-refractivity contribution in [3.8, 4) is 0 Å². The fraction of sp³-hybridized carbons (Fsp3) is 0.375. The molecule has 2 N–H and O–H groups in total. The third-order valence-electron chi connectivity index (χ3n) is 3.10. The molecule has 0 fully saturated rings. The second-order valence-corrected chi connectivity index (χ2v) is 8.02. The van der Waals surface area contributed by atoms with Crippen molar-refractivity contribution in [2.75, 3.05) is 0 Å². The van der Waals surface area contributed by atoms with Crippen LogP contribution in [0, 0.1) is 6.92 Å². The Morgan fingerprint density at radius 1 is 1.16 bits per heavy atom. The number of rotatable bonds is 2. The number of thiophene rings is 1. The Balaban J connectivity index is 2.33. The van der Waals surface area contributed by atoms with Crippen molar-refractivity contribution in [1.82, 2.24) is 0 Å². The highest BCUT2D eigenvalue weighted by atomic mass is 79.9. The molecule has 1 heterocycles. The van der Waals surface area contributed by atoms with Gasteiger partial charge in [-0.05, 0) is 47.7 Å². The zero-order valence-corrected chi connectivity index (χ0v) is 14.2. The Hall–Kier alpha value is -0.640. The van der Waals surface area contributed by atoms with E-state index in [2.05, 4.69) is 74.0 Å². The number of benzene rings is 1. The summed E-state index contributed by atoms with van der Waals surface area (Å²) in [5.41, 5.74) is 8.98. The average molecular weight is 338 g/mol. The number of hydrogen-bond donors (Lipinski definition) is 1. The van der Waals surface area contributed by atoms with E-state index in [1.165, 1.54) is 15.3 Å². The minimum atomic E-state index is -0.0442. The van der Waals surface area contributed by atoms with Gasteiger partial charge in [-0.3, -0.25) is 0 Å². The Labute approximate surface area is 128 Å². The molecule has 1 unspecified atom stereocenters. The van der Waals surface area contributed by atoms with Crippen molar-refractivity contribution in [2.24, 2.45) is 5.73 Å². The van der Waals surface area contributed by atoms with Crippen molar-refractivity contribution < 1.29 is 0 Å². The van der Waals surface area contributed by atoms with E-state index in [9.17, 15) is 0 Å². The van der Waals surface area contributed by atoms with Crippen LogP contribution < -0.4 is 5.73 Å². The van der Waals surface area contributed by atoms with Gasteiger partial charge < -0.3 is 5.73 Å². The fourth-order valence-corrected chi connectivity index (χ4v) is 3.75. The van der Waals surface area contributed by atoms with Gasteiger partial charge in [-0.25, -0.2) is 0 Å². The highest BCUT2D eigenvalue weighted by Gasteiger charge is 2.19. The molecular formula is C16H20BrNS. The molecule has 1 aromatic carbocycles. The van der Waals surface area contributed by atoms with Gasteiger partial charge in [0.25, 0.3) is 0 Å². The van der Waals surface area contributed by atoms with Gasteiger partial charge in [-0.15, -0.1) is 11.3 Å². The molecule has 0 spiro atoms. The maximum absolute atomic E-state index is 6.40. The molecule has 1 aromatic heterocycles. The number of halogens is 1. The predicted octanol–water partition coefficient (Wildman–Crippen LogP) is 5.16. The van der Waals surface area contributed by atoms with Crippen LogP contribution in [0.4, 0.5) is 0 Å². The second-order valence-electron chi connectivity index (χ2n) is 5.99. The van der Waals surface area contributed by atoms with E-state index >= 15 is 0 Å². The Morgan fingerprint density at radius 3 is 2.37 bits per heavy atom. The van der Waals surface area contributed by atoms with Crippen LogP contribution >= 0.6 is 27.3 Å². The molecule has 0 bridgehead atoms. The summed E-state index contributed by atoms with van der Waals surface area (Å²) in [4.78, 5) is 2.60. The van der Waals surface area contributed by atoms with Crippen molar-refractivity contribution in [2.45, 2.75) is 39.2 Å². The zero-order valence-electron chi connectivity index (χ0n) is 11.8. The lowest BCUT2D eigenvalue weighted by Crippen LogP contribution is -2.11. The minimum Gasteiger partial charge on any atom is -0.320 e. The first kappa shape index (κ1) is 14.8. The van der Waals surface area contributed by atoms with Crippen LogP contribution in [0.5, 0.6) is 0 Å². The van der Waals surface area contributed by atoms with Crippen LogP contribution in [0.2, 0.25) is 0 Å². The Morgan fingerprint density at radius 2 is 1.84 bits per heavy atom. The lowest BCUT2D eigenvalue weighted by molar-refractivity contribution is 0.604. The molecule has 0 aliphatic carbocycles. The lowest BCUT2D eigenvalue weighted by Gasteiger charge is -2.16. The van der Waals surface area contributed by atoms with E-state index in [1.54, 1.807) is 0 Å². The smallest absolute Gasteiger partial charge is 0.0646 e. The van der Waals surface area contributed by atoms with Crippen LogP contribution in [0.25, 0.3) is 0 Å². The molecule has 0 amide bonds. The van der Waals surface area contributed by atoms with E-state index in [1.807, 2.05) is 11.3 Å². The molecule has 0 radical (unpaired) electrons. The minimum absolute atomic E-state index is 0.0442. The van der Waals surface area contributed by atoms with Gasteiger partial charge in [0, 0.05) is 14.2 Å². The monoisotopic (exact) mass is 337 g/mol. The quantitative estimate of drug-likeness (QED) is 0.804. The molecule has 1 atom stereocenters. The molecule has 0 saturated carbocycles. The summed E-state index contributed by atoms with van der Waals surface area (Å²) in [5, 5.41) is 0. The van der Waals surface area contributed by atoms with E-state index in [0.29, 0.717) is 0 Å². The van der Waals surface area contributed by atoms with Crippen LogP contribution in [0.15, 0.2) is 34.8 Å². The van der Waals surface area contributed by atoms with E-state index in [-0.39, 0.29) is 11.5 Å². The molecule has 0 saturated heterocycles. The van der Waals surface area contributed by atoms with Gasteiger partial charge in [0.05, 0.1) is 6.04 Å². The van der Waals surface area contributed by atoms with Crippen LogP contribution in [0.1, 0.15) is 47.7 Å². The van der Waals surface area contributed by atoms with Gasteiger partial charge in [0.15, 0.2) is 0 Å². The normalized spacial score (nSPS) is 13.6. The summed E-state index contributed by atoms with van der Waals surface area (Å²) in [6.07, 6.45) is 0. The number of hydrogen-bond acceptors (Lipinski definition) is 2. The van der Waals surface area contributed by atoms with Crippen LogP contribution in [-0.2, 0) is 5.41 Å². The summed E-state index contributed by atoms with van der Waals surface area (Å²) in [6.45, 7) is 8.79. The standard InChI is InChI=1S/C16H20BrNS/c1-10-7-11(9-12(17)8-10)15(18)13-5-6-14(19-13)16(2,3)4/h5-9,15H,18H2,1-4H3. The summed E-state index contributed by atoms with van der Waals surface area (Å²) in [7, 11) is 0. The van der Waals surface area contributed by atoms with Crippen molar-refractivity contribution >= 4 is 27.3 Å². The van der Waals surface area contributed by atoms with Crippen molar-refractivity contribution in [1.29, 1.82) is 0 Å². The molecule has 0 aliphatic heterocycles. The maximum atomic E-state index is 6.40. The highest BCUT2D eigenvalue weighted by Crippen LogP contribution is 2.34. The van der Waals surface area contributed by atoms with Gasteiger partial charge in [0.1, 0.15) is 0 Å². The maximum Gasteiger partial charge on any atom is 0.0646 e. The van der Waals surface area contributed by atoms with Gasteiger partial charge in [-0.2, -0.15) is 0 Å². The summed E-state index contributed by atoms with van der Waals surface area (Å²) < 4.78 is 1.09. The molecule has 3 heteroatoms. The summed E-state index contributed by atoms with van der Waals surface area (Å²) in [6, 6.07) is 10.7. The molecule has 102 valence electrons. The number of nitrogens with two attached hydrogens (primary N) is 1. The molecule has 0 aliphatic rings. The lowest BCUT2D eigenvalue weighted by atomic mass is 9.95. The van der Waals surface area contributed by atoms with Crippen LogP contribution in [-0.4, -0.2) is 0 Å². The molecular weight excluding hydrogens is 318 g/mol. The van der Waals surface area contributed by atoms with Gasteiger partial charge in [0.2, 0.25) is 0 Å². The van der Waals surface area contributed by atoms with Crippen molar-refractivity contribution in [3.63, 3.8) is 0 Å². The second kappa shape index (κ2) is 5.39. The van der Waals surface area contributed by atoms with E-state index < -0.39 is 0 Å².